The molecule has 0 aromatic heterocycles. The summed E-state index contributed by atoms with van der Waals surface area (Å²) in [4.78, 5) is 39.4. The number of thioether (sulfide) groups is 2. The van der Waals surface area contributed by atoms with Crippen LogP contribution in [0.3, 0.4) is 0 Å². The van der Waals surface area contributed by atoms with Crippen LogP contribution in [0.1, 0.15) is 20.7 Å². The Morgan fingerprint density at radius 2 is 1.88 bits per heavy atom. The first kappa shape index (κ1) is 18.1. The molecule has 2 heterocycles. The number of benzene rings is 1. The fourth-order valence-electron chi connectivity index (χ4n) is 2.82. The number of hydrogen-bond acceptors (Lipinski definition) is 5. The molecule has 2 aliphatic heterocycles. The quantitative estimate of drug-likeness (QED) is 0.853. The highest BCUT2D eigenvalue weighted by Gasteiger charge is 2.38. The SMILES string of the molecule is O=C(O)c1ccc(C(=O)N2CSCC2C(=O)N2CCSCC2)c(F)c1. The van der Waals surface area contributed by atoms with Crippen molar-refractivity contribution in [3.63, 3.8) is 0 Å². The van der Waals surface area contributed by atoms with E-state index in [4.69, 9.17) is 5.11 Å². The first-order valence-corrected chi connectivity index (χ1v) is 10.1. The van der Waals surface area contributed by atoms with E-state index in [1.807, 2.05) is 0 Å². The van der Waals surface area contributed by atoms with Crippen LogP contribution < -0.4 is 0 Å². The number of nitrogens with zero attached hydrogens (tertiary/aromatic N) is 2. The molecule has 2 amide bonds. The van der Waals surface area contributed by atoms with Gasteiger partial charge in [-0.25, -0.2) is 9.18 Å². The van der Waals surface area contributed by atoms with Gasteiger partial charge in [-0.1, -0.05) is 0 Å². The lowest BCUT2D eigenvalue weighted by Crippen LogP contribution is -2.51. The largest absolute Gasteiger partial charge is 0.478 e. The topological polar surface area (TPSA) is 77.9 Å². The van der Waals surface area contributed by atoms with Crippen molar-refractivity contribution in [2.75, 3.05) is 36.2 Å². The van der Waals surface area contributed by atoms with Gasteiger partial charge in [-0.05, 0) is 18.2 Å². The Morgan fingerprint density at radius 3 is 2.52 bits per heavy atom. The minimum Gasteiger partial charge on any atom is -0.478 e. The van der Waals surface area contributed by atoms with Gasteiger partial charge in [0.25, 0.3) is 5.91 Å². The minimum atomic E-state index is -1.26. The van der Waals surface area contributed by atoms with Gasteiger partial charge in [0.15, 0.2) is 0 Å². The molecule has 2 fully saturated rings. The van der Waals surface area contributed by atoms with Crippen LogP contribution in [-0.4, -0.2) is 75.0 Å². The highest BCUT2D eigenvalue weighted by Crippen LogP contribution is 2.26. The molecular formula is C16H17FN2O4S2. The Balaban J connectivity index is 1.78. The van der Waals surface area contributed by atoms with E-state index >= 15 is 0 Å². The molecule has 2 saturated heterocycles. The maximum atomic E-state index is 14.2. The van der Waals surface area contributed by atoms with Crippen molar-refractivity contribution in [1.29, 1.82) is 0 Å². The average Bonchev–Trinajstić information content (AvgIpc) is 3.10. The predicted octanol–water partition coefficient (Wildman–Crippen LogP) is 1.61. The minimum absolute atomic E-state index is 0.0961. The zero-order valence-electron chi connectivity index (χ0n) is 13.3. The Hall–Kier alpha value is -1.74. The monoisotopic (exact) mass is 384 g/mol. The maximum Gasteiger partial charge on any atom is 0.335 e. The second-order valence-corrected chi connectivity index (χ2v) is 7.95. The van der Waals surface area contributed by atoms with Crippen LogP contribution in [0, 0.1) is 5.82 Å². The number of hydrogen-bond donors (Lipinski definition) is 1. The smallest absolute Gasteiger partial charge is 0.335 e. The van der Waals surface area contributed by atoms with Crippen LogP contribution in [0.15, 0.2) is 18.2 Å². The van der Waals surface area contributed by atoms with E-state index in [0.29, 0.717) is 24.7 Å². The molecule has 2 aliphatic rings. The van der Waals surface area contributed by atoms with Crippen LogP contribution in [0.2, 0.25) is 0 Å². The Morgan fingerprint density at radius 1 is 1.16 bits per heavy atom. The molecule has 134 valence electrons. The molecule has 0 saturated carbocycles. The number of amides is 2. The van der Waals surface area contributed by atoms with Gasteiger partial charge in [-0.15, -0.1) is 11.8 Å². The highest BCUT2D eigenvalue weighted by molar-refractivity contribution is 7.99. The maximum absolute atomic E-state index is 14.2. The summed E-state index contributed by atoms with van der Waals surface area (Å²) in [6.45, 7) is 1.32. The van der Waals surface area contributed by atoms with Crippen LogP contribution >= 0.6 is 23.5 Å². The summed E-state index contributed by atoms with van der Waals surface area (Å²) in [7, 11) is 0. The average molecular weight is 384 g/mol. The van der Waals surface area contributed by atoms with Gasteiger partial charge < -0.3 is 14.9 Å². The van der Waals surface area contributed by atoms with E-state index in [9.17, 15) is 18.8 Å². The van der Waals surface area contributed by atoms with Gasteiger partial charge in [0.2, 0.25) is 5.91 Å². The molecule has 0 radical (unpaired) electrons. The van der Waals surface area contributed by atoms with Gasteiger partial charge in [0.05, 0.1) is 17.0 Å². The normalized spacial score (nSPS) is 20.6. The Labute approximate surface area is 152 Å². The first-order valence-electron chi connectivity index (χ1n) is 7.77. The van der Waals surface area contributed by atoms with E-state index in [1.54, 1.807) is 16.7 Å². The van der Waals surface area contributed by atoms with E-state index in [0.717, 1.165) is 17.6 Å². The van der Waals surface area contributed by atoms with Crippen LogP contribution in [-0.2, 0) is 4.79 Å². The van der Waals surface area contributed by atoms with Crippen molar-refractivity contribution in [1.82, 2.24) is 9.80 Å². The molecule has 1 aromatic carbocycles. The number of carbonyl (C=O) groups excluding carboxylic acids is 2. The lowest BCUT2D eigenvalue weighted by atomic mass is 10.1. The Bertz CT molecular complexity index is 709. The van der Waals surface area contributed by atoms with Crippen LogP contribution in [0.25, 0.3) is 0 Å². The predicted molar refractivity (Wildman–Crippen MR) is 94.5 cm³/mol. The second kappa shape index (κ2) is 7.65. The summed E-state index contributed by atoms with van der Waals surface area (Å²) >= 11 is 3.25. The van der Waals surface area contributed by atoms with Gasteiger partial charge in [0, 0.05) is 30.3 Å². The second-order valence-electron chi connectivity index (χ2n) is 5.73. The van der Waals surface area contributed by atoms with Crippen molar-refractivity contribution in [2.24, 2.45) is 0 Å². The summed E-state index contributed by atoms with van der Waals surface area (Å²) in [5, 5.41) is 8.89. The number of carboxylic acids is 1. The Kier molecular flexibility index (Phi) is 5.53. The molecule has 25 heavy (non-hydrogen) atoms. The third kappa shape index (κ3) is 3.77. The summed E-state index contributed by atoms with van der Waals surface area (Å²) in [6.07, 6.45) is 0. The summed E-state index contributed by atoms with van der Waals surface area (Å²) < 4.78 is 14.2. The van der Waals surface area contributed by atoms with Gasteiger partial charge in [0.1, 0.15) is 11.9 Å². The molecule has 1 aromatic rings. The molecule has 0 bridgehead atoms. The zero-order chi connectivity index (χ0) is 18.0. The van der Waals surface area contributed by atoms with Gasteiger partial charge in [-0.2, -0.15) is 11.8 Å². The molecule has 1 atom stereocenters. The van der Waals surface area contributed by atoms with Crippen molar-refractivity contribution in [3.8, 4) is 0 Å². The van der Waals surface area contributed by atoms with Gasteiger partial charge in [-0.3, -0.25) is 9.59 Å². The summed E-state index contributed by atoms with van der Waals surface area (Å²) in [5.74, 6) is -0.255. The molecule has 9 heteroatoms. The zero-order valence-corrected chi connectivity index (χ0v) is 14.9. The number of carbonyl (C=O) groups is 3. The first-order chi connectivity index (χ1) is 12.0. The van der Waals surface area contributed by atoms with Crippen LogP contribution in [0.5, 0.6) is 0 Å². The third-order valence-corrected chi connectivity index (χ3v) is 6.15. The van der Waals surface area contributed by atoms with Crippen LogP contribution in [0.4, 0.5) is 4.39 Å². The molecule has 3 rings (SSSR count). The highest BCUT2D eigenvalue weighted by atomic mass is 32.2. The van der Waals surface area contributed by atoms with E-state index < -0.39 is 23.7 Å². The molecule has 1 N–H and O–H groups in total. The van der Waals surface area contributed by atoms with Crippen molar-refractivity contribution >= 4 is 41.3 Å². The third-order valence-electron chi connectivity index (χ3n) is 4.20. The molecular weight excluding hydrogens is 367 g/mol. The molecule has 0 aliphatic carbocycles. The van der Waals surface area contributed by atoms with Crippen molar-refractivity contribution < 1.29 is 23.9 Å². The van der Waals surface area contributed by atoms with Crippen molar-refractivity contribution in [3.05, 3.63) is 35.1 Å². The van der Waals surface area contributed by atoms with E-state index in [-0.39, 0.29) is 17.0 Å². The fraction of sp³-hybridized carbons (Fsp3) is 0.438. The molecule has 6 nitrogen and oxygen atoms in total. The number of aromatic carboxylic acids is 1. The lowest BCUT2D eigenvalue weighted by Gasteiger charge is -2.32. The summed E-state index contributed by atoms with van der Waals surface area (Å²) in [6, 6.07) is 2.60. The summed E-state index contributed by atoms with van der Waals surface area (Å²) in [5.41, 5.74) is -0.428. The molecule has 1 unspecified atom stereocenters. The van der Waals surface area contributed by atoms with Gasteiger partial charge >= 0.3 is 5.97 Å². The van der Waals surface area contributed by atoms with Crippen molar-refractivity contribution in [2.45, 2.75) is 6.04 Å². The molecule has 0 spiro atoms. The van der Waals surface area contributed by atoms with E-state index in [1.165, 1.54) is 28.8 Å². The van der Waals surface area contributed by atoms with E-state index in [2.05, 4.69) is 0 Å². The standard InChI is InChI=1S/C16H17FN2O4S2/c17-12-7-10(16(22)23)1-2-11(12)14(20)19-9-25-8-13(19)15(21)18-3-5-24-6-4-18/h1-2,7,13H,3-6,8-9H2,(H,22,23). The fourth-order valence-corrected chi connectivity index (χ4v) is 4.87. The number of halogens is 1. The lowest BCUT2D eigenvalue weighted by molar-refractivity contribution is -0.134. The number of carboxylic acid groups (broad SMARTS) is 1. The number of rotatable bonds is 3.